The van der Waals surface area contributed by atoms with E-state index >= 15 is 0 Å². The Hall–Kier alpha value is -1.78. The van der Waals surface area contributed by atoms with E-state index in [2.05, 4.69) is 30.9 Å². The van der Waals surface area contributed by atoms with Crippen molar-refractivity contribution in [2.75, 3.05) is 39.4 Å². The second kappa shape index (κ2) is 11.0. The summed E-state index contributed by atoms with van der Waals surface area (Å²) in [5.74, 6) is -0.340. The van der Waals surface area contributed by atoms with Gasteiger partial charge in [-0.05, 0) is 36.2 Å². The van der Waals surface area contributed by atoms with Crippen LogP contribution in [0.15, 0.2) is 64.0 Å². The van der Waals surface area contributed by atoms with Gasteiger partial charge in [-0.1, -0.05) is 46.3 Å². The Labute approximate surface area is 186 Å². The smallest absolute Gasteiger partial charge is 0.241 e. The zero-order valence-corrected chi connectivity index (χ0v) is 19.0. The van der Waals surface area contributed by atoms with Crippen LogP contribution in [0, 0.1) is 0 Å². The van der Waals surface area contributed by atoms with E-state index in [1.54, 1.807) is 12.1 Å². The van der Waals surface area contributed by atoms with Crippen molar-refractivity contribution >= 4 is 31.9 Å². The number of rotatable bonds is 9. The van der Waals surface area contributed by atoms with Crippen molar-refractivity contribution in [2.45, 2.75) is 17.4 Å². The molecule has 9 heteroatoms. The number of nitrogens with zero attached hydrogens (tertiary/aromatic N) is 1. The summed E-state index contributed by atoms with van der Waals surface area (Å²) in [6, 6.07) is 14.8. The molecular formula is C21H26BrN3O4S. The van der Waals surface area contributed by atoms with E-state index in [9.17, 15) is 13.2 Å². The summed E-state index contributed by atoms with van der Waals surface area (Å²) in [5, 5.41) is 2.88. The molecule has 162 valence electrons. The Morgan fingerprint density at radius 1 is 1.07 bits per heavy atom. The lowest BCUT2D eigenvalue weighted by atomic mass is 10.1. The third kappa shape index (κ3) is 6.88. The van der Waals surface area contributed by atoms with Gasteiger partial charge in [0.15, 0.2) is 0 Å². The number of carbonyl (C=O) groups excluding carboxylic acids is 1. The van der Waals surface area contributed by atoms with Crippen molar-refractivity contribution < 1.29 is 17.9 Å². The zero-order valence-electron chi connectivity index (χ0n) is 16.6. The fourth-order valence-corrected chi connectivity index (χ4v) is 4.65. The molecule has 0 saturated carbocycles. The zero-order chi connectivity index (χ0) is 21.4. The minimum absolute atomic E-state index is 0.116. The first-order valence-electron chi connectivity index (χ1n) is 9.84. The van der Waals surface area contributed by atoms with E-state index in [0.717, 1.165) is 23.1 Å². The van der Waals surface area contributed by atoms with Gasteiger partial charge in [0.05, 0.1) is 18.1 Å². The maximum Gasteiger partial charge on any atom is 0.241 e. The highest BCUT2D eigenvalue weighted by molar-refractivity contribution is 9.10. The molecule has 7 nitrogen and oxygen atoms in total. The maximum absolute atomic E-state index is 12.9. The Balaban J connectivity index is 1.67. The van der Waals surface area contributed by atoms with Gasteiger partial charge in [0.25, 0.3) is 0 Å². The summed E-state index contributed by atoms with van der Waals surface area (Å²) in [4.78, 5) is 15.2. The number of hydrogen-bond acceptors (Lipinski definition) is 5. The highest BCUT2D eigenvalue weighted by Gasteiger charge is 2.26. The van der Waals surface area contributed by atoms with Gasteiger partial charge in [-0.2, -0.15) is 4.72 Å². The predicted molar refractivity (Wildman–Crippen MR) is 119 cm³/mol. The molecule has 1 aliphatic rings. The van der Waals surface area contributed by atoms with Crippen LogP contribution in [-0.2, 0) is 26.0 Å². The monoisotopic (exact) mass is 495 g/mol. The molecule has 0 aliphatic carbocycles. The number of morpholine rings is 1. The van der Waals surface area contributed by atoms with Gasteiger partial charge < -0.3 is 10.1 Å². The second-order valence-corrected chi connectivity index (χ2v) is 9.69. The average molecular weight is 496 g/mol. The fraction of sp³-hybridized carbons (Fsp3) is 0.381. The van der Waals surface area contributed by atoms with E-state index in [0.29, 0.717) is 26.3 Å². The lowest BCUT2D eigenvalue weighted by Crippen LogP contribution is -2.49. The number of carbonyl (C=O) groups is 1. The van der Waals surface area contributed by atoms with Crippen molar-refractivity contribution in [1.29, 1.82) is 0 Å². The van der Waals surface area contributed by atoms with Crippen LogP contribution in [0.4, 0.5) is 0 Å². The largest absolute Gasteiger partial charge is 0.379 e. The highest BCUT2D eigenvalue weighted by atomic mass is 79.9. The molecule has 0 spiro atoms. The molecule has 0 aromatic heterocycles. The van der Waals surface area contributed by atoms with Crippen LogP contribution in [-0.4, -0.2) is 64.7 Å². The summed E-state index contributed by atoms with van der Waals surface area (Å²) >= 11 is 3.30. The van der Waals surface area contributed by atoms with Crippen molar-refractivity contribution in [3.63, 3.8) is 0 Å². The Kier molecular flexibility index (Phi) is 8.41. The summed E-state index contributed by atoms with van der Waals surface area (Å²) in [6.07, 6.45) is 0.264. The van der Waals surface area contributed by atoms with Crippen LogP contribution in [0.2, 0.25) is 0 Å². The minimum Gasteiger partial charge on any atom is -0.379 e. The molecule has 1 amide bonds. The van der Waals surface area contributed by atoms with Gasteiger partial charge in [0.1, 0.15) is 6.04 Å². The van der Waals surface area contributed by atoms with E-state index < -0.39 is 16.1 Å². The van der Waals surface area contributed by atoms with Gasteiger partial charge >= 0.3 is 0 Å². The number of halogens is 1. The van der Waals surface area contributed by atoms with E-state index in [1.165, 1.54) is 12.1 Å². The first kappa shape index (κ1) is 22.9. The van der Waals surface area contributed by atoms with E-state index in [-0.39, 0.29) is 17.2 Å². The first-order valence-corrected chi connectivity index (χ1v) is 12.1. The molecule has 1 fully saturated rings. The molecule has 1 heterocycles. The molecule has 2 aromatic rings. The molecule has 0 radical (unpaired) electrons. The standard InChI is InChI=1S/C21H26BrN3O4S/c22-18-6-8-19(9-7-18)30(27,28)24-20(16-17-4-2-1-3-5-17)21(26)23-10-11-25-12-14-29-15-13-25/h1-9,20,24H,10-16H2,(H,23,26). The van der Waals surface area contributed by atoms with Crippen molar-refractivity contribution in [1.82, 2.24) is 14.9 Å². The van der Waals surface area contributed by atoms with Crippen LogP contribution < -0.4 is 10.0 Å². The normalized spacial score (nSPS) is 16.2. The second-order valence-electron chi connectivity index (χ2n) is 7.06. The molecule has 1 saturated heterocycles. The Morgan fingerprint density at radius 2 is 1.73 bits per heavy atom. The van der Waals surface area contributed by atoms with Crippen LogP contribution in [0.3, 0.4) is 0 Å². The Morgan fingerprint density at radius 3 is 2.40 bits per heavy atom. The molecule has 1 aliphatic heterocycles. The molecule has 2 aromatic carbocycles. The summed E-state index contributed by atoms with van der Waals surface area (Å²) < 4.78 is 34.4. The molecule has 0 bridgehead atoms. The van der Waals surface area contributed by atoms with Gasteiger partial charge in [0.2, 0.25) is 15.9 Å². The number of ether oxygens (including phenoxy) is 1. The van der Waals surface area contributed by atoms with Crippen molar-refractivity contribution in [3.8, 4) is 0 Å². The third-order valence-corrected chi connectivity index (χ3v) is 6.87. The number of hydrogen-bond donors (Lipinski definition) is 2. The highest BCUT2D eigenvalue weighted by Crippen LogP contribution is 2.15. The Bertz CT molecular complexity index is 917. The molecular weight excluding hydrogens is 470 g/mol. The molecule has 1 unspecified atom stereocenters. The topological polar surface area (TPSA) is 87.7 Å². The lowest BCUT2D eigenvalue weighted by molar-refractivity contribution is -0.122. The first-order chi connectivity index (χ1) is 14.4. The molecule has 30 heavy (non-hydrogen) atoms. The van der Waals surface area contributed by atoms with E-state index in [4.69, 9.17) is 4.74 Å². The maximum atomic E-state index is 12.9. The van der Waals surface area contributed by atoms with Crippen molar-refractivity contribution in [2.24, 2.45) is 0 Å². The van der Waals surface area contributed by atoms with E-state index in [1.807, 2.05) is 30.3 Å². The SMILES string of the molecule is O=C(NCCN1CCOCC1)C(Cc1ccccc1)NS(=O)(=O)c1ccc(Br)cc1. The number of benzene rings is 2. The van der Waals surface area contributed by atoms with Gasteiger partial charge in [-0.25, -0.2) is 8.42 Å². The summed E-state index contributed by atoms with van der Waals surface area (Å²) in [6.45, 7) is 4.20. The van der Waals surface area contributed by atoms with Crippen LogP contribution in [0.1, 0.15) is 5.56 Å². The average Bonchev–Trinajstić information content (AvgIpc) is 2.75. The number of amides is 1. The number of sulfonamides is 1. The summed E-state index contributed by atoms with van der Waals surface area (Å²) in [5.41, 5.74) is 0.879. The van der Waals surface area contributed by atoms with Gasteiger partial charge in [0, 0.05) is 30.7 Å². The van der Waals surface area contributed by atoms with Gasteiger partial charge in [-0.15, -0.1) is 0 Å². The third-order valence-electron chi connectivity index (χ3n) is 4.85. The molecule has 1 atom stereocenters. The van der Waals surface area contributed by atoms with Crippen LogP contribution >= 0.6 is 15.9 Å². The van der Waals surface area contributed by atoms with Crippen molar-refractivity contribution in [3.05, 3.63) is 64.6 Å². The lowest BCUT2D eigenvalue weighted by Gasteiger charge is -2.27. The fourth-order valence-electron chi connectivity index (χ4n) is 3.19. The number of nitrogens with one attached hydrogen (secondary N) is 2. The summed E-state index contributed by atoms with van der Waals surface area (Å²) in [7, 11) is -3.85. The quantitative estimate of drug-likeness (QED) is 0.553. The predicted octanol–water partition coefficient (Wildman–Crippen LogP) is 1.79. The molecule has 2 N–H and O–H groups in total. The van der Waals surface area contributed by atoms with Gasteiger partial charge in [-0.3, -0.25) is 9.69 Å². The minimum atomic E-state index is -3.85. The van der Waals surface area contributed by atoms with Crippen LogP contribution in [0.5, 0.6) is 0 Å². The molecule has 3 rings (SSSR count). The van der Waals surface area contributed by atoms with Crippen LogP contribution in [0.25, 0.3) is 0 Å².